The molecular formula is C40H41ClN8O9. The molecule has 18 heteroatoms. The summed E-state index contributed by atoms with van der Waals surface area (Å²) in [5.74, 6) is -1.14. The first-order valence-corrected chi connectivity index (χ1v) is 19.6. The van der Waals surface area contributed by atoms with E-state index in [1.807, 2.05) is 23.1 Å². The molecule has 0 aliphatic carbocycles. The topological polar surface area (TPSA) is 203 Å². The average Bonchev–Trinajstić information content (AvgIpc) is 3.46. The third-order valence-electron chi connectivity index (χ3n) is 10.9. The molecular weight excluding hydrogens is 772 g/mol. The molecule has 58 heavy (non-hydrogen) atoms. The predicted octanol–water partition coefficient (Wildman–Crippen LogP) is 3.05. The van der Waals surface area contributed by atoms with Gasteiger partial charge in [-0.2, -0.15) is 4.98 Å². The number of amides is 5. The maximum absolute atomic E-state index is 13.5. The van der Waals surface area contributed by atoms with Crippen LogP contribution in [0.3, 0.4) is 0 Å². The summed E-state index contributed by atoms with van der Waals surface area (Å²) in [4.78, 5) is 88.7. The summed E-state index contributed by atoms with van der Waals surface area (Å²) in [7, 11) is 1.50. The summed E-state index contributed by atoms with van der Waals surface area (Å²) in [5, 5.41) is 9.02. The van der Waals surface area contributed by atoms with Crippen LogP contribution in [0.5, 0.6) is 11.5 Å². The van der Waals surface area contributed by atoms with Gasteiger partial charge in [0.2, 0.25) is 17.8 Å². The van der Waals surface area contributed by atoms with Gasteiger partial charge >= 0.3 is 0 Å². The zero-order valence-corrected chi connectivity index (χ0v) is 32.4. The molecule has 1 unspecified atom stereocenters. The highest BCUT2D eigenvalue weighted by atomic mass is 35.5. The van der Waals surface area contributed by atoms with E-state index < -0.39 is 29.7 Å². The van der Waals surface area contributed by atoms with Crippen LogP contribution < -0.4 is 35.9 Å². The van der Waals surface area contributed by atoms with Gasteiger partial charge in [0, 0.05) is 56.0 Å². The molecule has 3 saturated heterocycles. The number of fused-ring (bicyclic) bond motifs is 2. The minimum absolute atomic E-state index is 0.0217. The number of anilines is 3. The number of nitrogens with zero attached hydrogens (tertiary/aromatic N) is 5. The van der Waals surface area contributed by atoms with Crippen LogP contribution in [0.2, 0.25) is 5.02 Å². The number of benzene rings is 2. The predicted molar refractivity (Wildman–Crippen MR) is 211 cm³/mol. The molecule has 0 bridgehead atoms. The molecule has 3 fully saturated rings. The largest absolute Gasteiger partial charge is 0.492 e. The summed E-state index contributed by atoms with van der Waals surface area (Å²) in [6, 6.07) is 10.9. The number of aromatic nitrogens is 3. The van der Waals surface area contributed by atoms with E-state index in [1.54, 1.807) is 22.8 Å². The smallest absolute Gasteiger partial charge is 0.293 e. The van der Waals surface area contributed by atoms with Crippen LogP contribution in [0.4, 0.5) is 17.5 Å². The minimum atomic E-state index is -1.07. The Morgan fingerprint density at radius 3 is 2.64 bits per heavy atom. The van der Waals surface area contributed by atoms with Crippen LogP contribution in [0.25, 0.3) is 10.9 Å². The summed E-state index contributed by atoms with van der Waals surface area (Å²) in [6.45, 7) is 2.97. The highest BCUT2D eigenvalue weighted by Gasteiger charge is 2.46. The van der Waals surface area contributed by atoms with Crippen LogP contribution in [0.1, 0.15) is 52.8 Å². The number of piperidine rings is 2. The highest BCUT2D eigenvalue weighted by Crippen LogP contribution is 2.35. The standard InChI is InChI=1S/C40H41ClN8O9/c1-42-33(51)21-58-31-15-24-14-25(7-8-28(24)48(38(31)54)13-11-23-18-56-19-23)44-35-27(41)16-43-40(46-35)47-12-3-4-22(17-47)20-57-30-6-2-5-26-34(30)39(55)49(37(26)53)29-9-10-32(50)45-36(29)52/h2,5-8,14-16,22-23,29H,3-4,9-13,17-21H2,1H3,(H,42,51)(H,43,44,46)(H,45,50,52)/t22-,29?/m0/s1. The fourth-order valence-corrected chi connectivity index (χ4v) is 7.81. The summed E-state index contributed by atoms with van der Waals surface area (Å²) in [6.07, 6.45) is 4.05. The van der Waals surface area contributed by atoms with Crippen molar-refractivity contribution in [3.63, 3.8) is 0 Å². The van der Waals surface area contributed by atoms with Gasteiger partial charge in [-0.15, -0.1) is 0 Å². The molecule has 4 aliphatic heterocycles. The molecule has 2 aromatic heterocycles. The molecule has 2 aromatic carbocycles. The molecule has 6 heterocycles. The van der Waals surface area contributed by atoms with Crippen LogP contribution >= 0.6 is 11.6 Å². The number of imide groups is 2. The second-order valence-corrected chi connectivity index (χ2v) is 15.2. The SMILES string of the molecule is CNC(=O)COc1cc2cc(Nc3nc(N4CCC[C@H](COc5cccc6c5C(=O)N(C5CCC(=O)NC5=O)C6=O)C4)ncc3Cl)ccc2n(CCC2COC2)c1=O. The van der Waals surface area contributed by atoms with E-state index in [2.05, 4.69) is 20.9 Å². The number of hydrogen-bond donors (Lipinski definition) is 3. The Hall–Kier alpha value is -6.07. The lowest BCUT2D eigenvalue weighted by Gasteiger charge is -2.33. The van der Waals surface area contributed by atoms with Crippen molar-refractivity contribution in [2.45, 2.75) is 44.7 Å². The molecule has 5 amide bonds. The molecule has 0 spiro atoms. The molecule has 17 nitrogen and oxygen atoms in total. The fourth-order valence-electron chi connectivity index (χ4n) is 7.67. The third-order valence-corrected chi connectivity index (χ3v) is 11.1. The van der Waals surface area contributed by atoms with Crippen molar-refractivity contribution in [3.05, 3.63) is 75.2 Å². The van der Waals surface area contributed by atoms with Gasteiger partial charge in [-0.05, 0) is 62.1 Å². The zero-order valence-electron chi connectivity index (χ0n) is 31.6. The number of nitrogens with one attached hydrogen (secondary N) is 3. The van der Waals surface area contributed by atoms with E-state index in [1.165, 1.54) is 19.3 Å². The molecule has 0 saturated carbocycles. The Labute approximate surface area is 337 Å². The Kier molecular flexibility index (Phi) is 11.0. The van der Waals surface area contributed by atoms with Gasteiger partial charge in [0.25, 0.3) is 23.3 Å². The highest BCUT2D eigenvalue weighted by molar-refractivity contribution is 6.33. The Balaban J connectivity index is 0.961. The van der Waals surface area contributed by atoms with E-state index in [-0.39, 0.29) is 66.1 Å². The molecule has 4 aromatic rings. The summed E-state index contributed by atoms with van der Waals surface area (Å²) >= 11 is 6.61. The minimum Gasteiger partial charge on any atom is -0.492 e. The van der Waals surface area contributed by atoms with Gasteiger partial charge < -0.3 is 34.3 Å². The Bertz CT molecular complexity index is 2380. The number of likely N-dealkylation sites (N-methyl/N-ethyl adjacent to an activating group) is 1. The molecule has 3 N–H and O–H groups in total. The van der Waals surface area contributed by atoms with E-state index in [4.69, 9.17) is 30.8 Å². The number of hydrogen-bond acceptors (Lipinski definition) is 13. The number of aryl methyl sites for hydroxylation is 1. The van der Waals surface area contributed by atoms with E-state index in [9.17, 15) is 28.8 Å². The number of carbonyl (C=O) groups excluding carboxylic acids is 5. The van der Waals surface area contributed by atoms with Crippen molar-refractivity contribution in [1.29, 1.82) is 0 Å². The third kappa shape index (κ3) is 7.78. The monoisotopic (exact) mass is 812 g/mol. The molecule has 0 radical (unpaired) electrons. The lowest BCUT2D eigenvalue weighted by Crippen LogP contribution is -2.54. The van der Waals surface area contributed by atoms with Gasteiger partial charge in [-0.3, -0.25) is 39.0 Å². The number of halogens is 1. The van der Waals surface area contributed by atoms with E-state index in [0.29, 0.717) is 72.1 Å². The summed E-state index contributed by atoms with van der Waals surface area (Å²) in [5.41, 5.74) is 1.30. The van der Waals surface area contributed by atoms with Crippen LogP contribution in [0.15, 0.2) is 53.5 Å². The lowest BCUT2D eigenvalue weighted by atomic mass is 9.99. The summed E-state index contributed by atoms with van der Waals surface area (Å²) < 4.78 is 18.9. The molecule has 8 rings (SSSR count). The van der Waals surface area contributed by atoms with Crippen molar-refractivity contribution >= 4 is 69.5 Å². The Morgan fingerprint density at radius 2 is 1.86 bits per heavy atom. The molecule has 4 aliphatic rings. The van der Waals surface area contributed by atoms with Gasteiger partial charge in [0.05, 0.1) is 42.7 Å². The van der Waals surface area contributed by atoms with Crippen molar-refractivity contribution in [2.75, 3.05) is 56.8 Å². The van der Waals surface area contributed by atoms with Crippen molar-refractivity contribution in [3.8, 4) is 11.5 Å². The lowest BCUT2D eigenvalue weighted by molar-refractivity contribution is -0.136. The van der Waals surface area contributed by atoms with Gasteiger partial charge in [0.15, 0.2) is 18.2 Å². The second kappa shape index (κ2) is 16.4. The van der Waals surface area contributed by atoms with Gasteiger partial charge in [0.1, 0.15) is 16.8 Å². The normalized spacial score (nSPS) is 19.5. The maximum Gasteiger partial charge on any atom is 0.293 e. The second-order valence-electron chi connectivity index (χ2n) is 14.8. The van der Waals surface area contributed by atoms with Crippen molar-refractivity contribution in [2.24, 2.45) is 11.8 Å². The van der Waals surface area contributed by atoms with E-state index >= 15 is 0 Å². The van der Waals surface area contributed by atoms with Gasteiger partial charge in [-0.25, -0.2) is 4.98 Å². The number of pyridine rings is 1. The first-order chi connectivity index (χ1) is 28.1. The van der Waals surface area contributed by atoms with Crippen molar-refractivity contribution < 1.29 is 38.2 Å². The maximum atomic E-state index is 13.5. The molecule has 2 atom stereocenters. The van der Waals surface area contributed by atoms with Gasteiger partial charge in [-0.1, -0.05) is 17.7 Å². The first kappa shape index (κ1) is 38.8. The number of ether oxygens (including phenoxy) is 3. The quantitative estimate of drug-likeness (QED) is 0.167. The average molecular weight is 813 g/mol. The molecule has 302 valence electrons. The number of carbonyl (C=O) groups is 5. The van der Waals surface area contributed by atoms with Crippen molar-refractivity contribution in [1.82, 2.24) is 30.1 Å². The number of rotatable bonds is 13. The van der Waals surface area contributed by atoms with Crippen LogP contribution in [-0.4, -0.2) is 102 Å². The first-order valence-electron chi connectivity index (χ1n) is 19.2. The van der Waals surface area contributed by atoms with Crippen LogP contribution in [0, 0.1) is 11.8 Å². The zero-order chi connectivity index (χ0) is 40.5. The Morgan fingerprint density at radius 1 is 1.02 bits per heavy atom. The van der Waals surface area contributed by atoms with E-state index in [0.717, 1.165) is 24.2 Å². The fraction of sp³-hybridized carbons (Fsp3) is 0.400. The van der Waals surface area contributed by atoms with Crippen LogP contribution in [-0.2, 0) is 25.7 Å².